The lowest BCUT2D eigenvalue weighted by molar-refractivity contribution is 0.0689. The first-order valence-electron chi connectivity index (χ1n) is 5.72. The molecule has 1 saturated heterocycles. The van der Waals surface area contributed by atoms with Gasteiger partial charge in [-0.15, -0.1) is 0 Å². The Hall–Kier alpha value is -1.75. The van der Waals surface area contributed by atoms with E-state index in [0.29, 0.717) is 6.04 Å². The van der Waals surface area contributed by atoms with Crippen molar-refractivity contribution < 1.29 is 9.90 Å². The van der Waals surface area contributed by atoms with Crippen LogP contribution in [0.4, 0.5) is 0 Å². The van der Waals surface area contributed by atoms with E-state index in [1.165, 1.54) is 0 Å². The van der Waals surface area contributed by atoms with Gasteiger partial charge in [0, 0.05) is 11.5 Å². The summed E-state index contributed by atoms with van der Waals surface area (Å²) in [5.41, 5.74) is 2.01. The fourth-order valence-electron chi connectivity index (χ4n) is 1.97. The number of hydrogen-bond acceptors (Lipinski definition) is 3. The summed E-state index contributed by atoms with van der Waals surface area (Å²) in [6.45, 7) is 0. The summed E-state index contributed by atoms with van der Waals surface area (Å²) in [7, 11) is 0. The largest absolute Gasteiger partial charge is 0.476 e. The normalized spacial score (nSPS) is 15.3. The molecule has 4 nitrogen and oxygen atoms in total. The number of thioether (sulfide) groups is 1. The number of carbonyl (C=O) groups is 1. The molecule has 5 heteroatoms. The maximum Gasteiger partial charge on any atom is 0.356 e. The monoisotopic (exact) mass is 260 g/mol. The Kier molecular flexibility index (Phi) is 2.83. The van der Waals surface area contributed by atoms with E-state index in [0.717, 1.165) is 22.8 Å². The number of carboxylic acids is 1. The maximum atomic E-state index is 11.0. The molecule has 92 valence electrons. The Morgan fingerprint density at radius 3 is 2.61 bits per heavy atom. The van der Waals surface area contributed by atoms with Gasteiger partial charge in [0.05, 0.1) is 11.7 Å². The molecule has 2 heterocycles. The van der Waals surface area contributed by atoms with Crippen LogP contribution >= 0.6 is 11.8 Å². The van der Waals surface area contributed by atoms with E-state index >= 15 is 0 Å². The second kappa shape index (κ2) is 4.49. The number of aromatic nitrogens is 2. The highest BCUT2D eigenvalue weighted by atomic mass is 32.2. The summed E-state index contributed by atoms with van der Waals surface area (Å²) < 4.78 is 1.86. The van der Waals surface area contributed by atoms with Gasteiger partial charge in [-0.25, -0.2) is 4.79 Å². The molecule has 0 spiro atoms. The van der Waals surface area contributed by atoms with Crippen LogP contribution in [-0.4, -0.2) is 32.4 Å². The Balaban J connectivity index is 2.08. The highest BCUT2D eigenvalue weighted by Crippen LogP contribution is 2.33. The topological polar surface area (TPSA) is 55.1 Å². The summed E-state index contributed by atoms with van der Waals surface area (Å²) in [5.74, 6) is 1.03. The second-order valence-electron chi connectivity index (χ2n) is 4.22. The van der Waals surface area contributed by atoms with Crippen molar-refractivity contribution in [2.75, 3.05) is 11.5 Å². The van der Waals surface area contributed by atoms with Crippen LogP contribution in [0.25, 0.3) is 11.3 Å². The molecular formula is C13H12N2O2S. The molecule has 0 radical (unpaired) electrons. The van der Waals surface area contributed by atoms with Crippen LogP contribution in [0.5, 0.6) is 0 Å². The van der Waals surface area contributed by atoms with E-state index in [2.05, 4.69) is 5.10 Å². The summed E-state index contributed by atoms with van der Waals surface area (Å²) in [6, 6.07) is 11.8. The lowest BCUT2D eigenvalue weighted by atomic mass is 10.1. The van der Waals surface area contributed by atoms with Crippen LogP contribution < -0.4 is 0 Å². The highest BCUT2D eigenvalue weighted by Gasteiger charge is 2.25. The van der Waals surface area contributed by atoms with Crippen LogP contribution in [-0.2, 0) is 0 Å². The van der Waals surface area contributed by atoms with Crippen LogP contribution in [0.1, 0.15) is 16.5 Å². The molecule has 1 fully saturated rings. The molecule has 0 atom stereocenters. The van der Waals surface area contributed by atoms with Crippen molar-refractivity contribution in [1.82, 2.24) is 9.78 Å². The number of hydrogen-bond donors (Lipinski definition) is 1. The van der Waals surface area contributed by atoms with Gasteiger partial charge in [0.1, 0.15) is 0 Å². The molecule has 0 saturated carbocycles. The van der Waals surface area contributed by atoms with E-state index in [1.807, 2.05) is 46.8 Å². The molecule has 1 aliphatic rings. The van der Waals surface area contributed by atoms with Crippen molar-refractivity contribution in [2.45, 2.75) is 6.04 Å². The van der Waals surface area contributed by atoms with Gasteiger partial charge < -0.3 is 5.11 Å². The van der Waals surface area contributed by atoms with Gasteiger partial charge >= 0.3 is 5.97 Å². The maximum absolute atomic E-state index is 11.0. The van der Waals surface area contributed by atoms with E-state index in [4.69, 9.17) is 5.11 Å². The van der Waals surface area contributed by atoms with Crippen molar-refractivity contribution >= 4 is 17.7 Å². The number of nitrogens with zero attached hydrogens (tertiary/aromatic N) is 2. The fourth-order valence-corrected chi connectivity index (χ4v) is 2.70. The minimum Gasteiger partial charge on any atom is -0.476 e. The third-order valence-electron chi connectivity index (χ3n) is 2.99. The predicted octanol–water partition coefficient (Wildman–Crippen LogP) is 2.54. The standard InChI is InChI=1S/C13H12N2O2S/c16-13(17)11-6-12(9-4-2-1-3-5-9)15(14-11)10-7-18-8-10/h1-6,10H,7-8H2,(H,16,17). The molecule has 1 aromatic heterocycles. The zero-order valence-corrected chi connectivity index (χ0v) is 10.4. The van der Waals surface area contributed by atoms with Gasteiger partial charge in [-0.2, -0.15) is 16.9 Å². The average Bonchev–Trinajstić information content (AvgIpc) is 2.73. The number of carboxylic acid groups (broad SMARTS) is 1. The van der Waals surface area contributed by atoms with Gasteiger partial charge in [0.2, 0.25) is 0 Å². The summed E-state index contributed by atoms with van der Waals surface area (Å²) in [6.07, 6.45) is 0. The molecule has 0 unspecified atom stereocenters. The van der Waals surface area contributed by atoms with Crippen molar-refractivity contribution in [3.05, 3.63) is 42.1 Å². The summed E-state index contributed by atoms with van der Waals surface area (Å²) in [5, 5.41) is 13.3. The summed E-state index contributed by atoms with van der Waals surface area (Å²) in [4.78, 5) is 11.0. The van der Waals surface area contributed by atoms with Gasteiger partial charge in [-0.05, 0) is 11.6 Å². The molecule has 1 aliphatic heterocycles. The average molecular weight is 260 g/mol. The van der Waals surface area contributed by atoms with Crippen molar-refractivity contribution in [3.63, 3.8) is 0 Å². The lowest BCUT2D eigenvalue weighted by Crippen LogP contribution is -2.24. The zero-order chi connectivity index (χ0) is 12.5. The van der Waals surface area contributed by atoms with Crippen LogP contribution in [0.15, 0.2) is 36.4 Å². The third-order valence-corrected chi connectivity index (χ3v) is 4.23. The number of aromatic carboxylic acids is 1. The van der Waals surface area contributed by atoms with Gasteiger partial charge in [0.25, 0.3) is 0 Å². The van der Waals surface area contributed by atoms with Crippen molar-refractivity contribution in [3.8, 4) is 11.3 Å². The molecule has 2 aromatic rings. The SMILES string of the molecule is O=C(O)c1cc(-c2ccccc2)n(C2CSC2)n1. The van der Waals surface area contributed by atoms with Crippen LogP contribution in [0.3, 0.4) is 0 Å². The molecule has 3 rings (SSSR count). The molecular weight excluding hydrogens is 248 g/mol. The van der Waals surface area contributed by atoms with E-state index in [9.17, 15) is 4.79 Å². The minimum atomic E-state index is -0.974. The lowest BCUT2D eigenvalue weighted by Gasteiger charge is -2.27. The van der Waals surface area contributed by atoms with Crippen molar-refractivity contribution in [1.29, 1.82) is 0 Å². The van der Waals surface area contributed by atoms with Gasteiger partial charge in [-0.1, -0.05) is 30.3 Å². The number of rotatable bonds is 3. The first kappa shape index (κ1) is 11.3. The molecule has 0 aliphatic carbocycles. The Morgan fingerprint density at radius 2 is 2.06 bits per heavy atom. The molecule has 18 heavy (non-hydrogen) atoms. The summed E-state index contributed by atoms with van der Waals surface area (Å²) >= 11 is 1.85. The van der Waals surface area contributed by atoms with Gasteiger partial charge in [-0.3, -0.25) is 4.68 Å². The fraction of sp³-hybridized carbons (Fsp3) is 0.231. The second-order valence-corrected chi connectivity index (χ2v) is 5.30. The van der Waals surface area contributed by atoms with Crippen molar-refractivity contribution in [2.24, 2.45) is 0 Å². The van der Waals surface area contributed by atoms with E-state index in [1.54, 1.807) is 6.07 Å². The molecule has 1 aromatic carbocycles. The van der Waals surface area contributed by atoms with Crippen LogP contribution in [0.2, 0.25) is 0 Å². The smallest absolute Gasteiger partial charge is 0.356 e. The quantitative estimate of drug-likeness (QED) is 0.921. The van der Waals surface area contributed by atoms with E-state index < -0.39 is 5.97 Å². The Bertz CT molecular complexity index is 576. The van der Waals surface area contributed by atoms with E-state index in [-0.39, 0.29) is 5.69 Å². The zero-order valence-electron chi connectivity index (χ0n) is 9.61. The number of benzene rings is 1. The first-order chi connectivity index (χ1) is 8.75. The molecule has 0 bridgehead atoms. The minimum absolute atomic E-state index is 0.116. The molecule has 0 amide bonds. The third kappa shape index (κ3) is 1.90. The highest BCUT2D eigenvalue weighted by molar-refractivity contribution is 8.00. The van der Waals surface area contributed by atoms with Gasteiger partial charge in [0.15, 0.2) is 5.69 Å². The van der Waals surface area contributed by atoms with Crippen LogP contribution in [0, 0.1) is 0 Å². The Morgan fingerprint density at radius 1 is 1.33 bits per heavy atom. The Labute approximate surface area is 109 Å². The first-order valence-corrected chi connectivity index (χ1v) is 6.87. The predicted molar refractivity (Wildman–Crippen MR) is 71.0 cm³/mol. The molecule has 1 N–H and O–H groups in total.